The van der Waals surface area contributed by atoms with E-state index >= 15 is 0 Å². The molecule has 7 heteroatoms. The Labute approximate surface area is 157 Å². The molecule has 1 atom stereocenters. The van der Waals surface area contributed by atoms with Gasteiger partial charge in [-0.3, -0.25) is 14.4 Å². The first-order valence-corrected chi connectivity index (χ1v) is 9.23. The summed E-state index contributed by atoms with van der Waals surface area (Å²) in [6.07, 6.45) is 5.37. The van der Waals surface area contributed by atoms with E-state index in [1.165, 1.54) is 12.1 Å². The summed E-state index contributed by atoms with van der Waals surface area (Å²) in [6, 6.07) is 3.52. The third-order valence-corrected chi connectivity index (χ3v) is 5.07. The number of aromatic nitrogens is 2. The quantitative estimate of drug-likeness (QED) is 0.726. The van der Waals surface area contributed by atoms with Crippen LogP contribution in [0.25, 0.3) is 0 Å². The van der Waals surface area contributed by atoms with Crippen LogP contribution in [0.15, 0.2) is 30.6 Å². The standard InChI is InChI=1S/C20H25F2N3O2/c1-3-27-19(26)20(10-16-5-6-17(21)9-18(16)22)7-4-8-25(14-20)13-15-11-23-24(2)12-15/h5-6,9,11-12H,3-4,7-8,10,13-14H2,1-2H3. The minimum absolute atomic E-state index is 0.196. The molecule has 3 rings (SSSR count). The van der Waals surface area contributed by atoms with Crippen LogP contribution < -0.4 is 0 Å². The van der Waals surface area contributed by atoms with Crippen molar-refractivity contribution in [3.8, 4) is 0 Å². The third-order valence-electron chi connectivity index (χ3n) is 5.07. The van der Waals surface area contributed by atoms with Gasteiger partial charge in [0, 0.05) is 38.0 Å². The van der Waals surface area contributed by atoms with Gasteiger partial charge in [0.15, 0.2) is 0 Å². The molecule has 0 bridgehead atoms. The van der Waals surface area contributed by atoms with Crippen molar-refractivity contribution in [2.45, 2.75) is 32.7 Å². The Kier molecular flexibility index (Phi) is 5.89. The highest BCUT2D eigenvalue weighted by Gasteiger charge is 2.44. The highest BCUT2D eigenvalue weighted by atomic mass is 19.1. The lowest BCUT2D eigenvalue weighted by Crippen LogP contribution is -2.49. The zero-order chi connectivity index (χ0) is 19.4. The van der Waals surface area contributed by atoms with Crippen LogP contribution >= 0.6 is 0 Å². The number of likely N-dealkylation sites (tertiary alicyclic amines) is 1. The number of carbonyl (C=O) groups is 1. The molecule has 1 aliphatic heterocycles. The van der Waals surface area contributed by atoms with E-state index in [2.05, 4.69) is 10.00 Å². The molecule has 5 nitrogen and oxygen atoms in total. The van der Waals surface area contributed by atoms with Crippen molar-refractivity contribution in [3.05, 3.63) is 53.4 Å². The van der Waals surface area contributed by atoms with Crippen LogP contribution in [-0.2, 0) is 29.5 Å². The first kappa shape index (κ1) is 19.5. The molecule has 146 valence electrons. The maximum absolute atomic E-state index is 14.3. The molecule has 2 aromatic rings. The summed E-state index contributed by atoms with van der Waals surface area (Å²) in [6.45, 7) is 4.02. The van der Waals surface area contributed by atoms with Crippen molar-refractivity contribution in [2.24, 2.45) is 12.5 Å². The van der Waals surface area contributed by atoms with Gasteiger partial charge in [-0.25, -0.2) is 8.78 Å². The monoisotopic (exact) mass is 377 g/mol. The van der Waals surface area contributed by atoms with E-state index in [4.69, 9.17) is 4.74 Å². The molecule has 0 saturated carbocycles. The fourth-order valence-electron chi connectivity index (χ4n) is 3.87. The zero-order valence-corrected chi connectivity index (χ0v) is 15.8. The fourth-order valence-corrected chi connectivity index (χ4v) is 3.87. The predicted molar refractivity (Wildman–Crippen MR) is 96.8 cm³/mol. The van der Waals surface area contributed by atoms with E-state index in [0.717, 1.165) is 24.6 Å². The average Bonchev–Trinajstić information content (AvgIpc) is 3.03. The number of piperidine rings is 1. The normalized spacial score (nSPS) is 20.6. The summed E-state index contributed by atoms with van der Waals surface area (Å²) in [5.41, 5.74) is 0.563. The van der Waals surface area contributed by atoms with Crippen LogP contribution in [0.1, 0.15) is 30.9 Å². The molecule has 1 saturated heterocycles. The van der Waals surface area contributed by atoms with E-state index in [-0.39, 0.29) is 19.0 Å². The first-order chi connectivity index (χ1) is 12.9. The van der Waals surface area contributed by atoms with Crippen LogP contribution in [0.2, 0.25) is 0 Å². The van der Waals surface area contributed by atoms with Gasteiger partial charge in [0.1, 0.15) is 11.6 Å². The molecule has 0 N–H and O–H groups in total. The summed E-state index contributed by atoms with van der Waals surface area (Å²) in [5, 5.41) is 4.18. The van der Waals surface area contributed by atoms with Crippen molar-refractivity contribution in [1.29, 1.82) is 0 Å². The van der Waals surface area contributed by atoms with Gasteiger partial charge >= 0.3 is 5.97 Å². The Morgan fingerprint density at radius 2 is 2.19 bits per heavy atom. The SMILES string of the molecule is CCOC(=O)C1(Cc2ccc(F)cc2F)CCCN(Cc2cnn(C)c2)C1. The van der Waals surface area contributed by atoms with Gasteiger partial charge in [-0.1, -0.05) is 6.07 Å². The van der Waals surface area contributed by atoms with Gasteiger partial charge in [0.25, 0.3) is 0 Å². The molecule has 0 aliphatic carbocycles. The summed E-state index contributed by atoms with van der Waals surface area (Å²) in [5.74, 6) is -1.56. The van der Waals surface area contributed by atoms with Gasteiger partial charge in [-0.2, -0.15) is 5.10 Å². The smallest absolute Gasteiger partial charge is 0.313 e. The molecule has 1 aromatic heterocycles. The van der Waals surface area contributed by atoms with Crippen LogP contribution in [0.4, 0.5) is 8.78 Å². The highest BCUT2D eigenvalue weighted by molar-refractivity contribution is 5.77. The topological polar surface area (TPSA) is 47.4 Å². The third kappa shape index (κ3) is 4.53. The number of carbonyl (C=O) groups excluding carboxylic acids is 1. The Balaban J connectivity index is 1.84. The zero-order valence-electron chi connectivity index (χ0n) is 15.8. The lowest BCUT2D eigenvalue weighted by Gasteiger charge is -2.41. The predicted octanol–water partition coefficient (Wildman–Crippen LogP) is 3.09. The van der Waals surface area contributed by atoms with Gasteiger partial charge in [-0.15, -0.1) is 0 Å². The highest BCUT2D eigenvalue weighted by Crippen LogP contribution is 2.36. The lowest BCUT2D eigenvalue weighted by atomic mass is 9.75. The summed E-state index contributed by atoms with van der Waals surface area (Å²) < 4.78 is 34.6. The molecule has 0 amide bonds. The maximum atomic E-state index is 14.3. The molecular formula is C20H25F2N3O2. The summed E-state index contributed by atoms with van der Waals surface area (Å²) >= 11 is 0. The van der Waals surface area contributed by atoms with Crippen LogP contribution in [-0.4, -0.2) is 40.3 Å². The maximum Gasteiger partial charge on any atom is 0.313 e. The number of nitrogens with zero attached hydrogens (tertiary/aromatic N) is 3. The minimum atomic E-state index is -0.838. The van der Waals surface area contributed by atoms with E-state index in [9.17, 15) is 13.6 Å². The molecule has 0 spiro atoms. The fraction of sp³-hybridized carbons (Fsp3) is 0.500. The second kappa shape index (κ2) is 8.17. The number of ether oxygens (including phenoxy) is 1. The number of esters is 1. The Morgan fingerprint density at radius 3 is 2.85 bits per heavy atom. The van der Waals surface area contributed by atoms with E-state index in [0.29, 0.717) is 25.1 Å². The molecule has 1 unspecified atom stereocenters. The Bertz CT molecular complexity index is 808. The second-order valence-corrected chi connectivity index (χ2v) is 7.25. The van der Waals surface area contributed by atoms with Crippen LogP contribution in [0, 0.1) is 17.0 Å². The van der Waals surface area contributed by atoms with Crippen molar-refractivity contribution in [2.75, 3.05) is 19.7 Å². The van der Waals surface area contributed by atoms with Crippen molar-refractivity contribution < 1.29 is 18.3 Å². The van der Waals surface area contributed by atoms with Crippen molar-refractivity contribution >= 4 is 5.97 Å². The van der Waals surface area contributed by atoms with Crippen LogP contribution in [0.3, 0.4) is 0 Å². The number of rotatable bonds is 6. The molecule has 1 aliphatic rings. The van der Waals surface area contributed by atoms with Crippen molar-refractivity contribution in [1.82, 2.24) is 14.7 Å². The Morgan fingerprint density at radius 1 is 1.37 bits per heavy atom. The van der Waals surface area contributed by atoms with Crippen molar-refractivity contribution in [3.63, 3.8) is 0 Å². The summed E-state index contributed by atoms with van der Waals surface area (Å²) in [7, 11) is 1.86. The number of hydrogen-bond acceptors (Lipinski definition) is 4. The van der Waals surface area contributed by atoms with E-state index in [1.54, 1.807) is 17.8 Å². The van der Waals surface area contributed by atoms with Gasteiger partial charge in [0.05, 0.1) is 18.2 Å². The second-order valence-electron chi connectivity index (χ2n) is 7.25. The number of hydrogen-bond donors (Lipinski definition) is 0. The molecular weight excluding hydrogens is 352 g/mol. The van der Waals surface area contributed by atoms with E-state index < -0.39 is 17.0 Å². The molecule has 0 radical (unpaired) electrons. The molecule has 1 aromatic carbocycles. The first-order valence-electron chi connectivity index (χ1n) is 9.23. The molecule has 1 fully saturated rings. The Hall–Kier alpha value is -2.28. The van der Waals surface area contributed by atoms with E-state index in [1.807, 2.05) is 13.2 Å². The molecule has 2 heterocycles. The minimum Gasteiger partial charge on any atom is -0.466 e. The van der Waals surface area contributed by atoms with Crippen LogP contribution in [0.5, 0.6) is 0 Å². The number of halogens is 2. The largest absolute Gasteiger partial charge is 0.466 e. The lowest BCUT2D eigenvalue weighted by molar-refractivity contribution is -0.159. The number of benzene rings is 1. The summed E-state index contributed by atoms with van der Waals surface area (Å²) in [4.78, 5) is 15.0. The van der Waals surface area contributed by atoms with Gasteiger partial charge < -0.3 is 4.74 Å². The number of aryl methyl sites for hydroxylation is 1. The average molecular weight is 377 g/mol. The van der Waals surface area contributed by atoms with Gasteiger partial charge in [0.2, 0.25) is 0 Å². The van der Waals surface area contributed by atoms with Gasteiger partial charge in [-0.05, 0) is 44.4 Å². The molecule has 27 heavy (non-hydrogen) atoms.